The van der Waals surface area contributed by atoms with Crippen LogP contribution in [0, 0.1) is 0 Å². The summed E-state index contributed by atoms with van der Waals surface area (Å²) in [6, 6.07) is 2.14. The monoisotopic (exact) mass is 303 g/mol. The first kappa shape index (κ1) is 14.0. The van der Waals surface area contributed by atoms with Crippen molar-refractivity contribution >= 4 is 23.1 Å². The standard InChI is InChI=1S/C14H17N5OS/c15-13-12(16-2-3-17-13)14(20)19-6-4-18(5-7-19)9-11-1-8-21-10-11/h1-3,8,10H,4-7,9H2,(H2,15,17). The summed E-state index contributed by atoms with van der Waals surface area (Å²) in [4.78, 5) is 24.5. The van der Waals surface area contributed by atoms with E-state index in [-0.39, 0.29) is 17.4 Å². The zero-order valence-corrected chi connectivity index (χ0v) is 12.4. The Morgan fingerprint density at radius 2 is 2.00 bits per heavy atom. The van der Waals surface area contributed by atoms with Gasteiger partial charge in [0.15, 0.2) is 11.5 Å². The van der Waals surface area contributed by atoms with Crippen molar-refractivity contribution in [3.8, 4) is 0 Å². The highest BCUT2D eigenvalue weighted by Crippen LogP contribution is 2.14. The zero-order valence-electron chi connectivity index (χ0n) is 11.6. The Balaban J connectivity index is 1.58. The number of nitrogen functional groups attached to an aromatic ring is 1. The number of amides is 1. The second-order valence-electron chi connectivity index (χ2n) is 4.99. The number of hydrogen-bond donors (Lipinski definition) is 1. The van der Waals surface area contributed by atoms with Gasteiger partial charge >= 0.3 is 0 Å². The molecule has 0 spiro atoms. The van der Waals surface area contributed by atoms with Gasteiger partial charge in [-0.15, -0.1) is 0 Å². The molecule has 0 aliphatic carbocycles. The first-order valence-electron chi connectivity index (χ1n) is 6.83. The van der Waals surface area contributed by atoms with E-state index in [0.717, 1.165) is 19.6 Å². The van der Waals surface area contributed by atoms with Crippen molar-refractivity contribution in [3.05, 3.63) is 40.5 Å². The lowest BCUT2D eigenvalue weighted by atomic mass is 10.2. The van der Waals surface area contributed by atoms with Crippen LogP contribution in [0.4, 0.5) is 5.82 Å². The summed E-state index contributed by atoms with van der Waals surface area (Å²) in [5.74, 6) is 0.0685. The summed E-state index contributed by atoms with van der Waals surface area (Å²) in [7, 11) is 0. The van der Waals surface area contributed by atoms with Gasteiger partial charge in [0, 0.05) is 45.1 Å². The van der Waals surface area contributed by atoms with E-state index in [1.54, 1.807) is 16.2 Å². The third-order valence-electron chi connectivity index (χ3n) is 3.57. The number of carbonyl (C=O) groups is 1. The second-order valence-corrected chi connectivity index (χ2v) is 5.77. The summed E-state index contributed by atoms with van der Waals surface area (Å²) in [5, 5.41) is 4.25. The minimum atomic E-state index is -0.129. The molecule has 0 atom stereocenters. The number of carbonyl (C=O) groups excluding carboxylic acids is 1. The molecule has 2 N–H and O–H groups in total. The number of hydrogen-bond acceptors (Lipinski definition) is 6. The van der Waals surface area contributed by atoms with Gasteiger partial charge in [0.2, 0.25) is 0 Å². The van der Waals surface area contributed by atoms with E-state index in [2.05, 4.69) is 31.7 Å². The van der Waals surface area contributed by atoms with Gasteiger partial charge in [-0.25, -0.2) is 9.97 Å². The van der Waals surface area contributed by atoms with Crippen molar-refractivity contribution in [3.63, 3.8) is 0 Å². The van der Waals surface area contributed by atoms with Crippen LogP contribution in [0.25, 0.3) is 0 Å². The topological polar surface area (TPSA) is 75.3 Å². The van der Waals surface area contributed by atoms with E-state index in [4.69, 9.17) is 5.73 Å². The fraction of sp³-hybridized carbons (Fsp3) is 0.357. The van der Waals surface area contributed by atoms with Crippen LogP contribution in [0.1, 0.15) is 16.1 Å². The van der Waals surface area contributed by atoms with Gasteiger partial charge < -0.3 is 10.6 Å². The number of anilines is 1. The number of nitrogens with zero attached hydrogens (tertiary/aromatic N) is 4. The molecular formula is C14H17N5OS. The predicted molar refractivity (Wildman–Crippen MR) is 81.9 cm³/mol. The summed E-state index contributed by atoms with van der Waals surface area (Å²) in [6.07, 6.45) is 2.99. The maximum atomic E-state index is 12.4. The van der Waals surface area contributed by atoms with Crippen molar-refractivity contribution in [2.24, 2.45) is 0 Å². The van der Waals surface area contributed by atoms with E-state index in [9.17, 15) is 4.79 Å². The smallest absolute Gasteiger partial charge is 0.276 e. The average molecular weight is 303 g/mol. The molecule has 1 fully saturated rings. The van der Waals surface area contributed by atoms with E-state index in [1.807, 2.05) is 0 Å². The van der Waals surface area contributed by atoms with E-state index in [0.29, 0.717) is 13.1 Å². The van der Waals surface area contributed by atoms with Crippen LogP contribution >= 0.6 is 11.3 Å². The number of rotatable bonds is 3. The Morgan fingerprint density at radius 3 is 2.67 bits per heavy atom. The quantitative estimate of drug-likeness (QED) is 0.918. The minimum absolute atomic E-state index is 0.129. The predicted octanol–water partition coefficient (Wildman–Crippen LogP) is 1.08. The Hall–Kier alpha value is -1.99. The Labute approximate surface area is 127 Å². The summed E-state index contributed by atoms with van der Waals surface area (Å²) >= 11 is 1.71. The summed E-state index contributed by atoms with van der Waals surface area (Å²) in [5.41, 5.74) is 7.30. The van der Waals surface area contributed by atoms with Crippen molar-refractivity contribution in [1.82, 2.24) is 19.8 Å². The highest BCUT2D eigenvalue weighted by atomic mass is 32.1. The van der Waals surface area contributed by atoms with Gasteiger partial charge in [0.1, 0.15) is 0 Å². The van der Waals surface area contributed by atoms with Crippen LogP contribution in [-0.4, -0.2) is 51.9 Å². The molecule has 3 heterocycles. The molecule has 0 saturated carbocycles. The van der Waals surface area contributed by atoms with Gasteiger partial charge in [-0.05, 0) is 22.4 Å². The molecule has 0 radical (unpaired) electrons. The van der Waals surface area contributed by atoms with Crippen LogP contribution in [0.15, 0.2) is 29.2 Å². The molecule has 7 heteroatoms. The molecule has 6 nitrogen and oxygen atoms in total. The van der Waals surface area contributed by atoms with Crippen LogP contribution in [0.2, 0.25) is 0 Å². The third kappa shape index (κ3) is 3.20. The van der Waals surface area contributed by atoms with Gasteiger partial charge in [0.05, 0.1) is 0 Å². The number of thiophene rings is 1. The van der Waals surface area contributed by atoms with Crippen LogP contribution in [-0.2, 0) is 6.54 Å². The molecule has 0 aromatic carbocycles. The highest BCUT2D eigenvalue weighted by molar-refractivity contribution is 7.07. The van der Waals surface area contributed by atoms with Gasteiger partial charge in [-0.2, -0.15) is 11.3 Å². The largest absolute Gasteiger partial charge is 0.382 e. The zero-order chi connectivity index (χ0) is 14.7. The third-order valence-corrected chi connectivity index (χ3v) is 4.31. The number of piperazine rings is 1. The maximum Gasteiger partial charge on any atom is 0.276 e. The van der Waals surface area contributed by atoms with Crippen molar-refractivity contribution < 1.29 is 4.79 Å². The molecule has 2 aromatic heterocycles. The molecule has 21 heavy (non-hydrogen) atoms. The molecule has 0 bridgehead atoms. The lowest BCUT2D eigenvalue weighted by Gasteiger charge is -2.34. The fourth-order valence-corrected chi connectivity index (χ4v) is 3.07. The SMILES string of the molecule is Nc1nccnc1C(=O)N1CCN(Cc2ccsc2)CC1. The normalized spacial score (nSPS) is 16.1. The molecule has 1 aliphatic heterocycles. The summed E-state index contributed by atoms with van der Waals surface area (Å²) < 4.78 is 0. The Morgan fingerprint density at radius 1 is 1.24 bits per heavy atom. The van der Waals surface area contributed by atoms with Gasteiger partial charge in [-0.1, -0.05) is 0 Å². The number of aromatic nitrogens is 2. The van der Waals surface area contributed by atoms with E-state index >= 15 is 0 Å². The average Bonchev–Trinajstić information content (AvgIpc) is 3.01. The van der Waals surface area contributed by atoms with Gasteiger partial charge in [0.25, 0.3) is 5.91 Å². The van der Waals surface area contributed by atoms with Crippen LogP contribution in [0.5, 0.6) is 0 Å². The fourth-order valence-electron chi connectivity index (χ4n) is 2.41. The molecule has 2 aromatic rings. The van der Waals surface area contributed by atoms with Crippen molar-refractivity contribution in [2.45, 2.75) is 6.54 Å². The van der Waals surface area contributed by atoms with Crippen LogP contribution < -0.4 is 5.73 Å². The second kappa shape index (κ2) is 6.19. The van der Waals surface area contributed by atoms with Crippen LogP contribution in [0.3, 0.4) is 0 Å². The molecule has 1 amide bonds. The minimum Gasteiger partial charge on any atom is -0.382 e. The van der Waals surface area contributed by atoms with E-state index in [1.165, 1.54) is 18.0 Å². The lowest BCUT2D eigenvalue weighted by Crippen LogP contribution is -2.48. The summed E-state index contributed by atoms with van der Waals surface area (Å²) in [6.45, 7) is 4.06. The Bertz CT molecular complexity index is 608. The molecule has 110 valence electrons. The number of nitrogens with two attached hydrogens (primary N) is 1. The molecule has 1 aliphatic rings. The first-order valence-corrected chi connectivity index (χ1v) is 7.77. The van der Waals surface area contributed by atoms with Gasteiger partial charge in [-0.3, -0.25) is 9.69 Å². The molecule has 1 saturated heterocycles. The first-order chi connectivity index (χ1) is 10.2. The van der Waals surface area contributed by atoms with E-state index < -0.39 is 0 Å². The van der Waals surface area contributed by atoms with Crippen molar-refractivity contribution in [2.75, 3.05) is 31.9 Å². The lowest BCUT2D eigenvalue weighted by molar-refractivity contribution is 0.0623. The molecule has 3 rings (SSSR count). The molecule has 0 unspecified atom stereocenters. The highest BCUT2D eigenvalue weighted by Gasteiger charge is 2.24. The molecular weight excluding hydrogens is 286 g/mol. The maximum absolute atomic E-state index is 12.4. The van der Waals surface area contributed by atoms with Crippen molar-refractivity contribution in [1.29, 1.82) is 0 Å². The Kier molecular flexibility index (Phi) is 4.12.